The van der Waals surface area contributed by atoms with E-state index in [9.17, 15) is 83.9 Å². The number of rotatable bonds is 10. The first-order chi connectivity index (χ1) is 46.9. The quantitative estimate of drug-likeness (QED) is 0.235. The Balaban J connectivity index is 1.35. The number of carbonyl (C=O) groups is 12. The van der Waals surface area contributed by atoms with Crippen LogP contribution < -0.4 is 16.0 Å². The molecular formula is C69H103ClF6N12O12. The summed E-state index contributed by atoms with van der Waals surface area (Å²) in [4.78, 5) is 185. The van der Waals surface area contributed by atoms with Gasteiger partial charge in [0.05, 0.1) is 30.0 Å². The Hall–Kier alpha value is -7.27. The number of fused-ring (bicyclic) bond motifs is 2. The molecule has 560 valence electrons. The van der Waals surface area contributed by atoms with Crippen LogP contribution in [0.1, 0.15) is 168 Å². The van der Waals surface area contributed by atoms with Gasteiger partial charge in [0.1, 0.15) is 54.4 Å². The Morgan fingerprint density at radius 2 is 1.26 bits per heavy atom. The second-order valence-corrected chi connectivity index (χ2v) is 28.6. The van der Waals surface area contributed by atoms with Crippen molar-refractivity contribution in [3.8, 4) is 0 Å². The molecule has 1 aromatic rings. The number of aryl methyl sites for hydroxylation is 1. The molecule has 0 unspecified atom stereocenters. The van der Waals surface area contributed by atoms with Crippen LogP contribution in [0.25, 0.3) is 0 Å². The van der Waals surface area contributed by atoms with E-state index in [4.69, 9.17) is 11.6 Å². The minimum absolute atomic E-state index is 0.0244. The highest BCUT2D eigenvalue weighted by molar-refractivity contribution is 6.31. The highest BCUT2D eigenvalue weighted by Gasteiger charge is 2.48. The van der Waals surface area contributed by atoms with Crippen molar-refractivity contribution in [2.45, 2.75) is 230 Å². The minimum Gasteiger partial charge on any atom is -0.354 e. The Morgan fingerprint density at radius 1 is 0.620 bits per heavy atom. The number of nitrogens with one attached hydrogen (secondary N) is 3. The fourth-order valence-electron chi connectivity index (χ4n) is 14.2. The summed E-state index contributed by atoms with van der Waals surface area (Å²) < 4.78 is 85.3. The van der Waals surface area contributed by atoms with Crippen molar-refractivity contribution in [1.29, 1.82) is 0 Å². The standard InChI is InChI=1S/C69H103ClF6N12O12/c1-12-42(4)57-66(99)81(7)43(5)61(94)88-35-30-50(88)64(97)83(9)51(37-44-22-15-13-16-23-44)63(96)80(6)40-54(89)78-48(29-27-45-26-28-46(47(70)36-45)69(74,75)76)62(95)87-34-21-24-49(87)59(92)77-31-18-17-25-55(90)85(11)58(41(2)3)67(100)84(10)52(65(98)86-32-19-14-20-33-86)38-56(91)82(8)53(60(93)79-57)39-68(71,72)73/h26,28,36,41-44,48-53,57-58H,12-25,27,29-35,37-40H2,1-11H3,(H,77,92)(H,78,89)(H,79,93)/t42-,43-,48-,49-,50-,51-,52-,53-,57-,58-/m0/s1. The molecule has 100 heavy (non-hydrogen) atoms. The summed E-state index contributed by atoms with van der Waals surface area (Å²) >= 11 is 6.09. The first kappa shape index (κ1) is 81.7. The Kier molecular flexibility index (Phi) is 29.4. The van der Waals surface area contributed by atoms with Crippen molar-refractivity contribution >= 4 is 82.5 Å². The lowest BCUT2D eigenvalue weighted by atomic mass is 9.84. The lowest BCUT2D eigenvalue weighted by molar-refractivity contribution is -0.164. The number of nitrogens with zero attached hydrogens (tertiary/aromatic N) is 9. The molecule has 0 aromatic heterocycles. The zero-order valence-electron chi connectivity index (χ0n) is 59.6. The lowest BCUT2D eigenvalue weighted by Crippen LogP contribution is -2.65. The average molecular weight is 1440 g/mol. The third kappa shape index (κ3) is 21.0. The van der Waals surface area contributed by atoms with E-state index in [1.807, 2.05) is 0 Å². The highest BCUT2D eigenvalue weighted by Crippen LogP contribution is 2.36. The van der Waals surface area contributed by atoms with Gasteiger partial charge < -0.3 is 60.0 Å². The van der Waals surface area contributed by atoms with Crippen LogP contribution in [-0.4, -0.2) is 257 Å². The molecule has 1 aliphatic carbocycles. The maximum Gasteiger partial charge on any atom is 0.417 e. The van der Waals surface area contributed by atoms with Gasteiger partial charge in [-0.05, 0) is 113 Å². The summed E-state index contributed by atoms with van der Waals surface area (Å²) in [5.74, 6) is -10.9. The third-order valence-electron chi connectivity index (χ3n) is 20.9. The number of likely N-dealkylation sites (tertiary alicyclic amines) is 1. The van der Waals surface area contributed by atoms with E-state index in [2.05, 4.69) is 16.0 Å². The topological polar surface area (TPSA) is 270 Å². The van der Waals surface area contributed by atoms with Crippen molar-refractivity contribution in [2.75, 3.05) is 81.6 Å². The van der Waals surface area contributed by atoms with Crippen LogP contribution in [0.15, 0.2) is 18.2 Å². The number of piperidine rings is 1. The minimum atomic E-state index is -5.08. The van der Waals surface area contributed by atoms with Crippen LogP contribution in [0.4, 0.5) is 26.3 Å². The molecule has 0 spiro atoms. The smallest absolute Gasteiger partial charge is 0.354 e. The van der Waals surface area contributed by atoms with Crippen LogP contribution in [-0.2, 0) is 70.1 Å². The van der Waals surface area contributed by atoms with Crippen LogP contribution >= 0.6 is 11.6 Å². The molecule has 4 aliphatic heterocycles. The number of halogens is 7. The average Bonchev–Trinajstić information content (AvgIpc) is 0.937. The Bertz CT molecular complexity index is 3110. The summed E-state index contributed by atoms with van der Waals surface area (Å²) in [5.41, 5.74) is -0.782. The highest BCUT2D eigenvalue weighted by atomic mass is 35.5. The molecule has 5 fully saturated rings. The predicted octanol–water partition coefficient (Wildman–Crippen LogP) is 5.79. The van der Waals surface area contributed by atoms with Crippen molar-refractivity contribution < 1.29 is 83.9 Å². The normalized spacial score (nSPS) is 27.1. The van der Waals surface area contributed by atoms with Gasteiger partial charge in [0.15, 0.2) is 0 Å². The van der Waals surface area contributed by atoms with Gasteiger partial charge in [-0.1, -0.05) is 83.9 Å². The molecule has 1 aromatic carbocycles. The predicted molar refractivity (Wildman–Crippen MR) is 358 cm³/mol. The Labute approximate surface area is 587 Å². The fourth-order valence-corrected chi connectivity index (χ4v) is 14.5. The second-order valence-electron chi connectivity index (χ2n) is 28.2. The van der Waals surface area contributed by atoms with E-state index >= 15 is 0 Å². The molecule has 3 N–H and O–H groups in total. The summed E-state index contributed by atoms with van der Waals surface area (Å²) in [6.45, 7) is 7.90. The lowest BCUT2D eigenvalue weighted by Gasteiger charge is -2.45. The monoisotopic (exact) mass is 1440 g/mol. The number of hydrogen-bond donors (Lipinski definition) is 3. The van der Waals surface area contributed by atoms with Crippen LogP contribution in [0.5, 0.6) is 0 Å². The SMILES string of the molecule is CC[C@H](C)[C@@H]1NC(=O)[C@H](CC(F)(F)F)N(C)C(=O)C[C@@H](C(=O)N2CCCCC2)N(C)C(=O)[C@H](C(C)C)N(C)C(=O)CCCCNC(=O)[C@@H]2CCCN2C(=O)[C@H](CCc2ccc(C(F)(F)F)c(Cl)c2)NC(=O)CN(C)C(=O)[C@H](CC2CCCCC2)N(C)C(=O)[C@@H]2CCN2C(=O)[C@H](C)N(C)C1=O. The molecule has 0 bridgehead atoms. The van der Waals surface area contributed by atoms with Gasteiger partial charge in [0.2, 0.25) is 70.9 Å². The van der Waals surface area contributed by atoms with E-state index in [0.29, 0.717) is 29.7 Å². The maximum absolute atomic E-state index is 14.9. The molecule has 6 rings (SSSR count). The van der Waals surface area contributed by atoms with E-state index in [0.717, 1.165) is 72.4 Å². The second kappa shape index (κ2) is 36.0. The van der Waals surface area contributed by atoms with E-state index < -0.39 is 179 Å². The van der Waals surface area contributed by atoms with Gasteiger partial charge in [-0.2, -0.15) is 26.3 Å². The van der Waals surface area contributed by atoms with Gasteiger partial charge in [-0.15, -0.1) is 0 Å². The zero-order chi connectivity index (χ0) is 74.4. The molecule has 24 nitrogen and oxygen atoms in total. The molecule has 31 heteroatoms. The van der Waals surface area contributed by atoms with Gasteiger partial charge >= 0.3 is 12.4 Å². The summed E-state index contributed by atoms with van der Waals surface area (Å²) in [7, 11) is 7.61. The van der Waals surface area contributed by atoms with Crippen molar-refractivity contribution in [2.24, 2.45) is 17.8 Å². The zero-order valence-corrected chi connectivity index (χ0v) is 60.4. The number of carbonyl (C=O) groups excluding carboxylic acids is 12. The molecule has 4 saturated heterocycles. The Morgan fingerprint density at radius 3 is 1.85 bits per heavy atom. The van der Waals surface area contributed by atoms with Crippen molar-refractivity contribution in [1.82, 2.24) is 60.0 Å². The number of benzene rings is 1. The van der Waals surface area contributed by atoms with E-state index in [1.54, 1.807) is 27.7 Å². The molecule has 12 amide bonds. The van der Waals surface area contributed by atoms with Gasteiger partial charge in [0.25, 0.3) is 0 Å². The van der Waals surface area contributed by atoms with Gasteiger partial charge in [-0.25, -0.2) is 0 Å². The van der Waals surface area contributed by atoms with Crippen molar-refractivity contribution in [3.05, 3.63) is 34.3 Å². The number of amides is 12. The molecule has 10 atom stereocenters. The molecule has 1 saturated carbocycles. The third-order valence-corrected chi connectivity index (χ3v) is 21.2. The summed E-state index contributed by atoms with van der Waals surface area (Å²) in [5, 5.41) is 7.41. The van der Waals surface area contributed by atoms with Gasteiger partial charge in [0, 0.05) is 81.4 Å². The van der Waals surface area contributed by atoms with Crippen LogP contribution in [0, 0.1) is 17.8 Å². The molecular weight excluding hydrogens is 1340 g/mol. The molecule has 4 heterocycles. The van der Waals surface area contributed by atoms with Crippen LogP contribution in [0.2, 0.25) is 5.02 Å². The molecule has 5 aliphatic rings. The van der Waals surface area contributed by atoms with E-state index in [-0.39, 0.29) is 96.4 Å². The number of likely N-dealkylation sites (N-methyl/N-ethyl adjacent to an activating group) is 6. The van der Waals surface area contributed by atoms with Crippen molar-refractivity contribution in [3.63, 3.8) is 0 Å². The number of hydrogen-bond acceptors (Lipinski definition) is 12. The molecule has 0 radical (unpaired) electrons. The largest absolute Gasteiger partial charge is 0.417 e. The summed E-state index contributed by atoms with van der Waals surface area (Å²) in [6.07, 6.45) is -5.41. The van der Waals surface area contributed by atoms with Gasteiger partial charge in [-0.3, -0.25) is 57.5 Å². The first-order valence-corrected chi connectivity index (χ1v) is 35.5. The summed E-state index contributed by atoms with van der Waals surface area (Å²) in [6, 6.07) is -9.76. The van der Waals surface area contributed by atoms with Crippen LogP contribution in [0.3, 0.4) is 0 Å². The number of alkyl halides is 6. The fraction of sp³-hybridized carbons (Fsp3) is 0.739. The van der Waals surface area contributed by atoms with E-state index in [1.165, 1.54) is 72.7 Å². The first-order valence-electron chi connectivity index (χ1n) is 35.2. The maximum atomic E-state index is 14.9.